The van der Waals surface area contributed by atoms with E-state index in [1.165, 1.54) is 0 Å². The Balaban J connectivity index is 2.50. The number of ether oxygens (including phenoxy) is 1. The topological polar surface area (TPSA) is 55.0 Å². The highest BCUT2D eigenvalue weighted by Gasteiger charge is 2.27. The zero-order valence-corrected chi connectivity index (χ0v) is 13.4. The number of nitrogens with zero attached hydrogens (tertiary/aromatic N) is 1. The minimum Gasteiger partial charge on any atom is -0.461 e. The highest BCUT2D eigenvalue weighted by Crippen LogP contribution is 2.28. The summed E-state index contributed by atoms with van der Waals surface area (Å²) >= 11 is 5.90. The van der Waals surface area contributed by atoms with Crippen LogP contribution < -0.4 is 0 Å². The molecule has 0 radical (unpaired) electrons. The number of aromatic amines is 1. The third kappa shape index (κ3) is 3.45. The summed E-state index contributed by atoms with van der Waals surface area (Å²) in [4.78, 5) is 19.7. The van der Waals surface area contributed by atoms with Gasteiger partial charge in [-0.3, -0.25) is 0 Å². The molecule has 0 saturated heterocycles. The van der Waals surface area contributed by atoms with Crippen molar-refractivity contribution in [2.45, 2.75) is 33.1 Å². The van der Waals surface area contributed by atoms with E-state index in [2.05, 4.69) is 9.97 Å². The molecule has 1 aromatic heterocycles. The van der Waals surface area contributed by atoms with Crippen molar-refractivity contribution < 1.29 is 9.53 Å². The van der Waals surface area contributed by atoms with Crippen LogP contribution in [-0.2, 0) is 10.2 Å². The normalized spacial score (nSPS) is 11.5. The third-order valence-corrected chi connectivity index (χ3v) is 3.29. The van der Waals surface area contributed by atoms with Gasteiger partial charge in [-0.1, -0.05) is 32.4 Å². The van der Waals surface area contributed by atoms with E-state index in [-0.39, 0.29) is 5.41 Å². The first-order valence-corrected chi connectivity index (χ1v) is 7.24. The molecule has 0 bridgehead atoms. The maximum Gasteiger partial charge on any atom is 0.358 e. The van der Waals surface area contributed by atoms with Gasteiger partial charge in [-0.2, -0.15) is 0 Å². The number of hydrogen-bond donors (Lipinski definition) is 1. The number of hydrogen-bond acceptors (Lipinski definition) is 3. The molecule has 4 nitrogen and oxygen atoms in total. The molecule has 0 aliphatic heterocycles. The lowest BCUT2D eigenvalue weighted by Gasteiger charge is -2.17. The second-order valence-electron chi connectivity index (χ2n) is 5.79. The summed E-state index contributed by atoms with van der Waals surface area (Å²) in [6, 6.07) is 7.31. The number of aromatic nitrogens is 2. The van der Waals surface area contributed by atoms with Crippen molar-refractivity contribution in [1.82, 2.24) is 9.97 Å². The minimum atomic E-state index is -0.404. The first-order valence-electron chi connectivity index (χ1n) is 6.86. The molecule has 0 aliphatic rings. The van der Waals surface area contributed by atoms with Gasteiger partial charge in [0.2, 0.25) is 0 Å². The van der Waals surface area contributed by atoms with E-state index in [1.807, 2.05) is 32.9 Å². The number of esters is 1. The van der Waals surface area contributed by atoms with Gasteiger partial charge in [0.05, 0.1) is 12.3 Å². The van der Waals surface area contributed by atoms with Crippen molar-refractivity contribution in [3.8, 4) is 11.4 Å². The van der Waals surface area contributed by atoms with Crippen LogP contribution in [0.1, 0.15) is 43.9 Å². The molecule has 0 spiro atoms. The highest BCUT2D eigenvalue weighted by molar-refractivity contribution is 6.30. The van der Waals surface area contributed by atoms with E-state index >= 15 is 0 Å². The van der Waals surface area contributed by atoms with Gasteiger partial charge >= 0.3 is 5.97 Å². The summed E-state index contributed by atoms with van der Waals surface area (Å²) in [6.45, 7) is 8.17. The van der Waals surface area contributed by atoms with E-state index in [1.54, 1.807) is 19.1 Å². The maximum absolute atomic E-state index is 12.1. The number of carbonyl (C=O) groups is 1. The average Bonchev–Trinajstić information content (AvgIpc) is 2.85. The van der Waals surface area contributed by atoms with Crippen LogP contribution in [-0.4, -0.2) is 22.5 Å². The van der Waals surface area contributed by atoms with Crippen LogP contribution in [0.5, 0.6) is 0 Å². The van der Waals surface area contributed by atoms with Crippen LogP contribution in [0.2, 0.25) is 5.02 Å². The molecular formula is C16H19ClN2O2. The molecule has 1 aromatic carbocycles. The van der Waals surface area contributed by atoms with E-state index in [4.69, 9.17) is 16.3 Å². The Bertz CT molecular complexity index is 639. The molecule has 1 N–H and O–H groups in total. The van der Waals surface area contributed by atoms with Crippen molar-refractivity contribution in [3.05, 3.63) is 40.7 Å². The van der Waals surface area contributed by atoms with Crippen LogP contribution in [0.15, 0.2) is 24.3 Å². The molecule has 2 aromatic rings. The van der Waals surface area contributed by atoms with Gasteiger partial charge in [0.1, 0.15) is 5.82 Å². The molecule has 0 unspecified atom stereocenters. The highest BCUT2D eigenvalue weighted by atomic mass is 35.5. The van der Waals surface area contributed by atoms with E-state index < -0.39 is 5.97 Å². The Kier molecular flexibility index (Phi) is 4.37. The lowest BCUT2D eigenvalue weighted by atomic mass is 9.91. The molecule has 0 saturated carbocycles. The lowest BCUT2D eigenvalue weighted by molar-refractivity contribution is 0.0517. The molecule has 0 amide bonds. The number of nitrogens with one attached hydrogen (secondary N) is 1. The molecule has 1 heterocycles. The van der Waals surface area contributed by atoms with Gasteiger partial charge in [0, 0.05) is 16.0 Å². The van der Waals surface area contributed by atoms with Crippen molar-refractivity contribution in [1.29, 1.82) is 0 Å². The molecular weight excluding hydrogens is 288 g/mol. The summed E-state index contributed by atoms with van der Waals surface area (Å²) in [5, 5.41) is 0.659. The zero-order chi connectivity index (χ0) is 15.6. The standard InChI is InChI=1S/C16H19ClN2O2/c1-5-21-15(20)12-13(16(2,3)4)19-14(18-12)10-6-8-11(17)9-7-10/h6-9H,5H2,1-4H3,(H,18,19). The van der Waals surface area contributed by atoms with Crippen molar-refractivity contribution in [2.24, 2.45) is 0 Å². The average molecular weight is 307 g/mol. The Morgan fingerprint density at radius 1 is 1.29 bits per heavy atom. The molecule has 112 valence electrons. The van der Waals surface area contributed by atoms with E-state index in [9.17, 15) is 4.79 Å². The Morgan fingerprint density at radius 3 is 2.43 bits per heavy atom. The minimum absolute atomic E-state index is 0.236. The zero-order valence-electron chi connectivity index (χ0n) is 12.7. The summed E-state index contributed by atoms with van der Waals surface area (Å²) in [7, 11) is 0. The maximum atomic E-state index is 12.1. The van der Waals surface area contributed by atoms with Crippen LogP contribution in [0.4, 0.5) is 0 Å². The predicted molar refractivity (Wildman–Crippen MR) is 83.7 cm³/mol. The van der Waals surface area contributed by atoms with Gasteiger partial charge in [-0.05, 0) is 31.2 Å². The SMILES string of the molecule is CCOC(=O)c1nc(-c2ccc(Cl)cc2)[nH]c1C(C)(C)C. The Labute approximate surface area is 129 Å². The lowest BCUT2D eigenvalue weighted by Crippen LogP contribution is -2.18. The smallest absolute Gasteiger partial charge is 0.358 e. The van der Waals surface area contributed by atoms with Crippen LogP contribution in [0, 0.1) is 0 Å². The number of carbonyl (C=O) groups excluding carboxylic acids is 1. The Hall–Kier alpha value is -1.81. The number of rotatable bonds is 3. The number of benzene rings is 1. The van der Waals surface area contributed by atoms with E-state index in [0.29, 0.717) is 23.1 Å². The number of H-pyrrole nitrogens is 1. The van der Waals surface area contributed by atoms with Crippen molar-refractivity contribution in [3.63, 3.8) is 0 Å². The van der Waals surface area contributed by atoms with Gasteiger partial charge in [0.25, 0.3) is 0 Å². The molecule has 21 heavy (non-hydrogen) atoms. The molecule has 0 fully saturated rings. The van der Waals surface area contributed by atoms with Crippen molar-refractivity contribution >= 4 is 17.6 Å². The van der Waals surface area contributed by atoms with Crippen molar-refractivity contribution in [2.75, 3.05) is 6.61 Å². The summed E-state index contributed by atoms with van der Waals surface area (Å²) < 4.78 is 5.09. The summed E-state index contributed by atoms with van der Waals surface area (Å²) in [5.74, 6) is 0.235. The van der Waals surface area contributed by atoms with Gasteiger partial charge in [-0.15, -0.1) is 0 Å². The molecule has 5 heteroatoms. The first-order chi connectivity index (χ1) is 9.82. The second kappa shape index (κ2) is 5.90. The quantitative estimate of drug-likeness (QED) is 0.864. The van der Waals surface area contributed by atoms with Gasteiger partial charge < -0.3 is 9.72 Å². The molecule has 2 rings (SSSR count). The van der Waals surface area contributed by atoms with Gasteiger partial charge in [-0.25, -0.2) is 9.78 Å². The number of imidazole rings is 1. The van der Waals surface area contributed by atoms with E-state index in [0.717, 1.165) is 11.3 Å². The fourth-order valence-electron chi connectivity index (χ4n) is 2.01. The first kappa shape index (κ1) is 15.6. The fourth-order valence-corrected chi connectivity index (χ4v) is 2.13. The second-order valence-corrected chi connectivity index (χ2v) is 6.22. The van der Waals surface area contributed by atoms with Crippen LogP contribution in [0.25, 0.3) is 11.4 Å². The van der Waals surface area contributed by atoms with Crippen LogP contribution in [0.3, 0.4) is 0 Å². The predicted octanol–water partition coefficient (Wildman–Crippen LogP) is 4.20. The Morgan fingerprint density at radius 2 is 1.90 bits per heavy atom. The fraction of sp³-hybridized carbons (Fsp3) is 0.375. The van der Waals surface area contributed by atoms with Gasteiger partial charge in [0.15, 0.2) is 5.69 Å². The third-order valence-electron chi connectivity index (χ3n) is 3.04. The number of halogens is 1. The summed E-state index contributed by atoms with van der Waals surface area (Å²) in [6.07, 6.45) is 0. The molecule has 0 aliphatic carbocycles. The largest absolute Gasteiger partial charge is 0.461 e. The van der Waals surface area contributed by atoms with Crippen LogP contribution >= 0.6 is 11.6 Å². The molecule has 0 atom stereocenters. The summed E-state index contributed by atoms with van der Waals surface area (Å²) in [5.41, 5.74) is 1.75. The monoisotopic (exact) mass is 306 g/mol.